The number of halogens is 1. The van der Waals surface area contributed by atoms with E-state index in [-0.39, 0.29) is 5.75 Å². The fraction of sp³-hybridized carbons (Fsp3) is 0.409. The molecule has 2 N–H and O–H groups in total. The van der Waals surface area contributed by atoms with Gasteiger partial charge in [0, 0.05) is 45.7 Å². The highest BCUT2D eigenvalue weighted by atomic mass is 32.2. The highest BCUT2D eigenvalue weighted by Crippen LogP contribution is 2.14. The first kappa shape index (κ1) is 23.7. The number of para-hydroxylation sites is 1. The molecule has 2 aromatic rings. The normalized spacial score (nSPS) is 11.9. The summed E-state index contributed by atoms with van der Waals surface area (Å²) >= 11 is 0. The number of nitrogens with one attached hydrogen (secondary N) is 2. The van der Waals surface area contributed by atoms with E-state index in [1.54, 1.807) is 7.05 Å². The SMILES string of the molecule is CN=C(NCCCCN(C)c1ccccc1)NCc1cc(F)ccc1CS(C)(=O)=O. The number of aliphatic imine (C=N–C) groups is 1. The number of anilines is 1. The maximum absolute atomic E-state index is 13.6. The zero-order valence-corrected chi connectivity index (χ0v) is 18.7. The van der Waals surface area contributed by atoms with Crippen molar-refractivity contribution in [2.75, 3.05) is 38.3 Å². The van der Waals surface area contributed by atoms with Crippen molar-refractivity contribution in [2.24, 2.45) is 4.99 Å². The quantitative estimate of drug-likeness (QED) is 0.342. The second kappa shape index (κ2) is 11.5. The third kappa shape index (κ3) is 8.41. The van der Waals surface area contributed by atoms with Crippen LogP contribution in [-0.4, -0.2) is 47.8 Å². The zero-order chi connectivity index (χ0) is 22.0. The van der Waals surface area contributed by atoms with E-state index in [9.17, 15) is 12.8 Å². The monoisotopic (exact) mass is 434 g/mol. The summed E-state index contributed by atoms with van der Waals surface area (Å²) in [5.41, 5.74) is 2.39. The molecule has 0 atom stereocenters. The molecule has 30 heavy (non-hydrogen) atoms. The Morgan fingerprint density at radius 3 is 2.47 bits per heavy atom. The van der Waals surface area contributed by atoms with Gasteiger partial charge in [0.2, 0.25) is 0 Å². The highest BCUT2D eigenvalue weighted by molar-refractivity contribution is 7.89. The fourth-order valence-electron chi connectivity index (χ4n) is 3.07. The van der Waals surface area contributed by atoms with Crippen molar-refractivity contribution >= 4 is 21.5 Å². The van der Waals surface area contributed by atoms with Crippen molar-refractivity contribution in [1.82, 2.24) is 10.6 Å². The van der Waals surface area contributed by atoms with Gasteiger partial charge in [0.15, 0.2) is 15.8 Å². The van der Waals surface area contributed by atoms with Crippen LogP contribution in [0.4, 0.5) is 10.1 Å². The van der Waals surface area contributed by atoms with E-state index in [1.165, 1.54) is 30.1 Å². The van der Waals surface area contributed by atoms with E-state index in [2.05, 4.69) is 39.7 Å². The molecular weight excluding hydrogens is 403 g/mol. The largest absolute Gasteiger partial charge is 0.375 e. The van der Waals surface area contributed by atoms with Crippen molar-refractivity contribution in [3.63, 3.8) is 0 Å². The van der Waals surface area contributed by atoms with Crippen LogP contribution in [0.2, 0.25) is 0 Å². The van der Waals surface area contributed by atoms with Crippen LogP contribution in [0, 0.1) is 5.82 Å². The number of hydrogen-bond donors (Lipinski definition) is 2. The molecule has 0 amide bonds. The third-order valence-corrected chi connectivity index (χ3v) is 5.50. The minimum atomic E-state index is -3.20. The van der Waals surface area contributed by atoms with Crippen LogP contribution in [0.25, 0.3) is 0 Å². The smallest absolute Gasteiger partial charge is 0.191 e. The lowest BCUT2D eigenvalue weighted by Crippen LogP contribution is -2.37. The van der Waals surface area contributed by atoms with Crippen molar-refractivity contribution in [3.05, 3.63) is 65.5 Å². The Bertz CT molecular complexity index is 933. The molecule has 0 heterocycles. The van der Waals surface area contributed by atoms with Crippen molar-refractivity contribution in [2.45, 2.75) is 25.1 Å². The lowest BCUT2D eigenvalue weighted by Gasteiger charge is -2.19. The Morgan fingerprint density at radius 1 is 1.07 bits per heavy atom. The van der Waals surface area contributed by atoms with Gasteiger partial charge in [-0.1, -0.05) is 24.3 Å². The van der Waals surface area contributed by atoms with Gasteiger partial charge in [-0.25, -0.2) is 12.8 Å². The molecule has 0 aliphatic heterocycles. The molecule has 164 valence electrons. The van der Waals surface area contributed by atoms with Crippen LogP contribution in [-0.2, 0) is 22.1 Å². The van der Waals surface area contributed by atoms with Crippen LogP contribution in [0.3, 0.4) is 0 Å². The summed E-state index contributed by atoms with van der Waals surface area (Å²) in [4.78, 5) is 6.40. The average Bonchev–Trinajstić information content (AvgIpc) is 2.71. The van der Waals surface area contributed by atoms with E-state index >= 15 is 0 Å². The van der Waals surface area contributed by atoms with Gasteiger partial charge in [-0.2, -0.15) is 0 Å². The van der Waals surface area contributed by atoms with Gasteiger partial charge in [0.25, 0.3) is 0 Å². The number of benzene rings is 2. The molecule has 0 fully saturated rings. The van der Waals surface area contributed by atoms with Gasteiger partial charge in [0.1, 0.15) is 5.82 Å². The summed E-state index contributed by atoms with van der Waals surface area (Å²) in [5.74, 6) is 0.0844. The van der Waals surface area contributed by atoms with E-state index in [0.717, 1.165) is 25.9 Å². The van der Waals surface area contributed by atoms with Gasteiger partial charge >= 0.3 is 0 Å². The highest BCUT2D eigenvalue weighted by Gasteiger charge is 2.11. The van der Waals surface area contributed by atoms with Gasteiger partial charge in [-0.05, 0) is 48.2 Å². The molecule has 0 saturated carbocycles. The standard InChI is InChI=1S/C22H31FN4O2S/c1-24-22(25-13-7-8-14-27(2)21-9-5-4-6-10-21)26-16-19-15-20(23)12-11-18(19)17-30(3,28)29/h4-6,9-12,15H,7-8,13-14,16-17H2,1-3H3,(H2,24,25,26). The van der Waals surface area contributed by atoms with E-state index in [0.29, 0.717) is 23.6 Å². The fourth-order valence-corrected chi connectivity index (χ4v) is 3.92. The number of rotatable bonds is 10. The number of sulfone groups is 1. The molecule has 2 rings (SSSR count). The second-order valence-corrected chi connectivity index (χ2v) is 9.44. The van der Waals surface area contributed by atoms with Crippen molar-refractivity contribution < 1.29 is 12.8 Å². The molecular formula is C22H31FN4O2S. The maximum atomic E-state index is 13.6. The summed E-state index contributed by atoms with van der Waals surface area (Å²) in [6.45, 7) is 2.00. The van der Waals surface area contributed by atoms with Crippen LogP contribution < -0.4 is 15.5 Å². The molecule has 0 unspecified atom stereocenters. The molecule has 0 bridgehead atoms. The van der Waals surface area contributed by atoms with Crippen LogP contribution >= 0.6 is 0 Å². The second-order valence-electron chi connectivity index (χ2n) is 7.30. The number of nitrogens with zero attached hydrogens (tertiary/aromatic N) is 2. The summed E-state index contributed by atoms with van der Waals surface area (Å²) in [5, 5.41) is 6.38. The molecule has 0 aliphatic rings. The number of guanidine groups is 1. The molecule has 0 aliphatic carbocycles. The molecule has 6 nitrogen and oxygen atoms in total. The Morgan fingerprint density at radius 2 is 1.80 bits per heavy atom. The van der Waals surface area contributed by atoms with Crippen LogP contribution in [0.1, 0.15) is 24.0 Å². The first-order valence-corrected chi connectivity index (χ1v) is 12.0. The molecule has 0 radical (unpaired) electrons. The molecule has 0 aromatic heterocycles. The molecule has 2 aromatic carbocycles. The topological polar surface area (TPSA) is 73.8 Å². The minimum Gasteiger partial charge on any atom is -0.375 e. The molecule has 8 heteroatoms. The Kier molecular flexibility index (Phi) is 9.11. The average molecular weight is 435 g/mol. The summed E-state index contributed by atoms with van der Waals surface area (Å²) in [6.07, 6.45) is 3.16. The van der Waals surface area contributed by atoms with Gasteiger partial charge in [-0.3, -0.25) is 4.99 Å². The third-order valence-electron chi connectivity index (χ3n) is 4.67. The molecule has 0 spiro atoms. The van der Waals surface area contributed by atoms with Crippen molar-refractivity contribution in [1.29, 1.82) is 0 Å². The Balaban J connectivity index is 1.78. The summed E-state index contributed by atoms with van der Waals surface area (Å²) in [6, 6.07) is 14.4. The molecule has 0 saturated heterocycles. The number of unbranched alkanes of at least 4 members (excludes halogenated alkanes) is 1. The lowest BCUT2D eigenvalue weighted by molar-refractivity contribution is 0.599. The Labute approximate surface area is 179 Å². The van der Waals surface area contributed by atoms with Crippen molar-refractivity contribution in [3.8, 4) is 0 Å². The van der Waals surface area contributed by atoms with Gasteiger partial charge in [0.05, 0.1) is 5.75 Å². The summed E-state index contributed by atoms with van der Waals surface area (Å²) in [7, 11) is 0.543. The summed E-state index contributed by atoms with van der Waals surface area (Å²) < 4.78 is 36.9. The Hall–Kier alpha value is -2.61. The minimum absolute atomic E-state index is 0.120. The van der Waals surface area contributed by atoms with Gasteiger partial charge in [-0.15, -0.1) is 0 Å². The predicted octanol–water partition coefficient (Wildman–Crippen LogP) is 2.95. The first-order valence-electron chi connectivity index (χ1n) is 9.94. The first-order chi connectivity index (χ1) is 14.3. The maximum Gasteiger partial charge on any atom is 0.191 e. The van der Waals surface area contributed by atoms with Crippen LogP contribution in [0.15, 0.2) is 53.5 Å². The van der Waals surface area contributed by atoms with E-state index in [4.69, 9.17) is 0 Å². The zero-order valence-electron chi connectivity index (χ0n) is 17.9. The lowest BCUT2D eigenvalue weighted by atomic mass is 10.1. The van der Waals surface area contributed by atoms with Gasteiger partial charge < -0.3 is 15.5 Å². The number of hydrogen-bond acceptors (Lipinski definition) is 4. The predicted molar refractivity (Wildman–Crippen MR) is 122 cm³/mol. The van der Waals surface area contributed by atoms with E-state index in [1.807, 2.05) is 18.2 Å². The van der Waals surface area contributed by atoms with E-state index < -0.39 is 15.7 Å². The van der Waals surface area contributed by atoms with Crippen LogP contribution in [0.5, 0.6) is 0 Å².